The van der Waals surface area contributed by atoms with Gasteiger partial charge in [0.15, 0.2) is 5.03 Å². The molecule has 0 radical (unpaired) electrons. The van der Waals surface area contributed by atoms with Crippen molar-refractivity contribution < 1.29 is 26.7 Å². The summed E-state index contributed by atoms with van der Waals surface area (Å²) in [6.07, 6.45) is -3.98. The Hall–Kier alpha value is -3.18. The molecule has 1 aliphatic rings. The van der Waals surface area contributed by atoms with Crippen LogP contribution >= 0.6 is 0 Å². The van der Waals surface area contributed by atoms with Crippen molar-refractivity contribution in [1.29, 1.82) is 0 Å². The van der Waals surface area contributed by atoms with Crippen molar-refractivity contribution in [3.8, 4) is 11.3 Å². The van der Waals surface area contributed by atoms with Crippen LogP contribution in [-0.2, 0) is 16.2 Å². The van der Waals surface area contributed by atoms with E-state index in [4.69, 9.17) is 0 Å². The molecule has 11 heteroatoms. The third kappa shape index (κ3) is 5.09. The van der Waals surface area contributed by atoms with E-state index in [2.05, 4.69) is 20.0 Å². The van der Waals surface area contributed by atoms with Crippen molar-refractivity contribution in [2.24, 2.45) is 0 Å². The Morgan fingerprint density at radius 2 is 1.70 bits per heavy atom. The molecule has 0 amide bonds. The number of aryl methyl sites for hydroxylation is 1. The lowest BCUT2D eigenvalue weighted by Gasteiger charge is -2.32. The number of nitrogens with zero attached hydrogens (tertiary/aromatic N) is 2. The van der Waals surface area contributed by atoms with Gasteiger partial charge >= 0.3 is 6.18 Å². The van der Waals surface area contributed by atoms with Crippen molar-refractivity contribution in [3.05, 3.63) is 65.7 Å². The second-order valence-corrected chi connectivity index (χ2v) is 9.47. The number of nitrogens with one attached hydrogen (secondary N) is 2. The number of aromatic nitrogens is 2. The molecule has 0 atom stereocenters. The second kappa shape index (κ2) is 8.64. The first-order valence-corrected chi connectivity index (χ1v) is 11.6. The van der Waals surface area contributed by atoms with Crippen molar-refractivity contribution in [3.63, 3.8) is 0 Å². The Kier molecular flexibility index (Phi) is 6.02. The van der Waals surface area contributed by atoms with E-state index in [0.717, 1.165) is 12.1 Å². The number of hydrogen-bond donors (Lipinski definition) is 3. The van der Waals surface area contributed by atoms with E-state index in [0.29, 0.717) is 24.2 Å². The van der Waals surface area contributed by atoms with Gasteiger partial charge in [-0.05, 0) is 49.6 Å². The van der Waals surface area contributed by atoms with Gasteiger partial charge in [0.05, 0.1) is 17.4 Å². The van der Waals surface area contributed by atoms with Crippen molar-refractivity contribution in [1.82, 2.24) is 9.97 Å². The van der Waals surface area contributed by atoms with Crippen LogP contribution in [0, 0.1) is 6.92 Å². The van der Waals surface area contributed by atoms with Crippen LogP contribution in [0.25, 0.3) is 11.3 Å². The molecule has 3 aromatic rings. The minimum absolute atomic E-state index is 0.00772. The summed E-state index contributed by atoms with van der Waals surface area (Å²) >= 11 is 0. The first-order valence-electron chi connectivity index (χ1n) is 10.1. The fourth-order valence-electron chi connectivity index (χ4n) is 3.54. The fourth-order valence-corrected chi connectivity index (χ4v) is 4.51. The molecular formula is C22H21F3N4O3S. The summed E-state index contributed by atoms with van der Waals surface area (Å²) in [5.74, 6) is 0.0549. The normalized spacial score (nSPS) is 18.5. The molecule has 0 aliphatic heterocycles. The van der Waals surface area contributed by atoms with Gasteiger partial charge in [-0.25, -0.2) is 9.97 Å². The van der Waals surface area contributed by atoms with E-state index in [1.54, 1.807) is 31.2 Å². The van der Waals surface area contributed by atoms with E-state index >= 15 is 0 Å². The van der Waals surface area contributed by atoms with Crippen LogP contribution < -0.4 is 10.0 Å². The average Bonchev–Trinajstić information content (AvgIpc) is 2.72. The number of aliphatic hydroxyl groups excluding tert-OH is 1. The second-order valence-electron chi connectivity index (χ2n) is 7.84. The van der Waals surface area contributed by atoms with Gasteiger partial charge in [0.2, 0.25) is 0 Å². The zero-order chi connectivity index (χ0) is 23.8. The number of sulfonamides is 1. The summed E-state index contributed by atoms with van der Waals surface area (Å²) in [6.45, 7) is 1.65. The fraction of sp³-hybridized carbons (Fsp3) is 0.273. The van der Waals surface area contributed by atoms with E-state index < -0.39 is 21.8 Å². The highest BCUT2D eigenvalue weighted by atomic mass is 32.2. The van der Waals surface area contributed by atoms with Crippen LogP contribution in [0.3, 0.4) is 0 Å². The molecule has 174 valence electrons. The van der Waals surface area contributed by atoms with Gasteiger partial charge in [0, 0.05) is 11.6 Å². The van der Waals surface area contributed by atoms with E-state index in [1.807, 2.05) is 0 Å². The molecule has 1 saturated carbocycles. The Labute approximate surface area is 188 Å². The number of rotatable bonds is 6. The topological polar surface area (TPSA) is 104 Å². The highest BCUT2D eigenvalue weighted by Gasteiger charge is 2.35. The molecule has 1 fully saturated rings. The number of benzene rings is 1. The Balaban J connectivity index is 1.65. The summed E-state index contributed by atoms with van der Waals surface area (Å²) in [6, 6.07) is 12.6. The first-order chi connectivity index (χ1) is 15.5. The predicted octanol–water partition coefficient (Wildman–Crippen LogP) is 4.21. The lowest BCUT2D eigenvalue weighted by Crippen LogP contribution is -2.39. The minimum atomic E-state index is -4.67. The highest BCUT2D eigenvalue weighted by molar-refractivity contribution is 7.92. The summed E-state index contributed by atoms with van der Waals surface area (Å²) in [5, 5.41) is 12.1. The Morgan fingerprint density at radius 1 is 0.970 bits per heavy atom. The summed E-state index contributed by atoms with van der Waals surface area (Å²) in [5.41, 5.74) is -0.519. The number of alkyl halides is 3. The lowest BCUT2D eigenvalue weighted by molar-refractivity contribution is -0.137. The molecule has 4 rings (SSSR count). The van der Waals surface area contributed by atoms with Crippen LogP contribution in [0.15, 0.2) is 59.6 Å². The summed E-state index contributed by atoms with van der Waals surface area (Å²) in [7, 11) is -4.22. The monoisotopic (exact) mass is 478 g/mol. The van der Waals surface area contributed by atoms with Gasteiger partial charge in [0.25, 0.3) is 10.0 Å². The molecule has 1 aromatic carbocycles. The maximum atomic E-state index is 13.6. The van der Waals surface area contributed by atoms with Crippen molar-refractivity contribution >= 4 is 21.7 Å². The van der Waals surface area contributed by atoms with Gasteiger partial charge < -0.3 is 10.4 Å². The zero-order valence-corrected chi connectivity index (χ0v) is 18.3. The summed E-state index contributed by atoms with van der Waals surface area (Å²) < 4.78 is 68.7. The zero-order valence-electron chi connectivity index (χ0n) is 17.5. The van der Waals surface area contributed by atoms with Crippen LogP contribution in [0.5, 0.6) is 0 Å². The van der Waals surface area contributed by atoms with Crippen LogP contribution in [0.1, 0.15) is 24.0 Å². The Morgan fingerprint density at radius 3 is 2.36 bits per heavy atom. The highest BCUT2D eigenvalue weighted by Crippen LogP contribution is 2.38. The number of pyridine rings is 2. The largest absolute Gasteiger partial charge is 0.418 e. The van der Waals surface area contributed by atoms with E-state index in [1.165, 1.54) is 18.2 Å². The van der Waals surface area contributed by atoms with Gasteiger partial charge in [-0.1, -0.05) is 30.3 Å². The molecule has 33 heavy (non-hydrogen) atoms. The van der Waals surface area contributed by atoms with E-state index in [9.17, 15) is 26.7 Å². The first kappa shape index (κ1) is 23.0. The van der Waals surface area contributed by atoms with Gasteiger partial charge in [0.1, 0.15) is 11.6 Å². The molecule has 0 bridgehead atoms. The smallest absolute Gasteiger partial charge is 0.393 e. The quantitative estimate of drug-likeness (QED) is 0.491. The van der Waals surface area contributed by atoms with Crippen molar-refractivity contribution in [2.45, 2.75) is 43.1 Å². The lowest BCUT2D eigenvalue weighted by atomic mass is 9.89. The molecule has 3 N–H and O–H groups in total. The Bertz CT molecular complexity index is 1280. The van der Waals surface area contributed by atoms with Gasteiger partial charge in [-0.3, -0.25) is 4.72 Å². The van der Waals surface area contributed by atoms with Crippen molar-refractivity contribution in [2.75, 3.05) is 10.0 Å². The molecular weight excluding hydrogens is 457 g/mol. The third-order valence-corrected chi connectivity index (χ3v) is 6.56. The number of halogens is 3. The number of aliphatic hydroxyl groups is 1. The molecule has 0 saturated heterocycles. The molecule has 7 nitrogen and oxygen atoms in total. The van der Waals surface area contributed by atoms with E-state index in [-0.39, 0.29) is 34.2 Å². The van der Waals surface area contributed by atoms with Gasteiger partial charge in [-0.2, -0.15) is 21.6 Å². The van der Waals surface area contributed by atoms with Crippen LogP contribution in [0.4, 0.5) is 24.8 Å². The summed E-state index contributed by atoms with van der Waals surface area (Å²) in [4.78, 5) is 8.09. The molecule has 1 aliphatic carbocycles. The molecule has 2 heterocycles. The van der Waals surface area contributed by atoms with Crippen LogP contribution in [0.2, 0.25) is 0 Å². The minimum Gasteiger partial charge on any atom is -0.393 e. The third-order valence-electron chi connectivity index (χ3n) is 5.30. The predicted molar refractivity (Wildman–Crippen MR) is 117 cm³/mol. The number of anilines is 2. The maximum absolute atomic E-state index is 13.6. The average molecular weight is 478 g/mol. The van der Waals surface area contributed by atoms with Gasteiger partial charge in [-0.15, -0.1) is 0 Å². The molecule has 2 aromatic heterocycles. The molecule has 0 unspecified atom stereocenters. The standard InChI is InChI=1S/C22H21F3N4O3S/c1-13-5-2-3-6-16(13)21-17(22(23,24)25)9-10-19(28-21)29-33(31,32)20-8-4-7-18(27-20)26-14-11-15(30)12-14/h2-10,14-15,30H,11-12H2,1H3,(H,26,27)(H,28,29)/t14-,15-. The van der Waals surface area contributed by atoms with Crippen LogP contribution in [-0.4, -0.2) is 35.6 Å². The number of hydrogen-bond acceptors (Lipinski definition) is 6. The maximum Gasteiger partial charge on any atom is 0.418 e. The SMILES string of the molecule is Cc1ccccc1-c1nc(NS(=O)(=O)c2cccc(N[C@H]3C[C@H](O)C3)n2)ccc1C(F)(F)F. The molecule has 0 spiro atoms.